The van der Waals surface area contributed by atoms with Gasteiger partial charge in [-0.2, -0.15) is 18.3 Å². The van der Waals surface area contributed by atoms with E-state index in [1.165, 1.54) is 6.20 Å². The number of halogens is 3. The molecule has 2 saturated carbocycles. The molecular formula is C25H31F3N4O2S. The van der Waals surface area contributed by atoms with Gasteiger partial charge < -0.3 is 0 Å². The van der Waals surface area contributed by atoms with Gasteiger partial charge in [0.25, 0.3) is 0 Å². The predicted molar refractivity (Wildman–Crippen MR) is 125 cm³/mol. The Morgan fingerprint density at radius 3 is 2.49 bits per heavy atom. The van der Waals surface area contributed by atoms with Crippen LogP contribution in [0.4, 0.5) is 13.2 Å². The van der Waals surface area contributed by atoms with Crippen LogP contribution in [0.2, 0.25) is 0 Å². The molecule has 6 nitrogen and oxygen atoms in total. The maximum atomic E-state index is 13.2. The number of hydrogen-bond donors (Lipinski definition) is 0. The van der Waals surface area contributed by atoms with Crippen molar-refractivity contribution in [3.63, 3.8) is 0 Å². The summed E-state index contributed by atoms with van der Waals surface area (Å²) in [6.07, 6.45) is 1.83. The Hall–Kier alpha value is -1.94. The summed E-state index contributed by atoms with van der Waals surface area (Å²) in [7, 11) is -2.88. The van der Waals surface area contributed by atoms with Crippen LogP contribution in [0, 0.1) is 17.3 Å². The van der Waals surface area contributed by atoms with Crippen LogP contribution >= 0.6 is 0 Å². The number of nitrogens with zero attached hydrogens (tertiary/aromatic N) is 4. The van der Waals surface area contributed by atoms with Crippen molar-refractivity contribution in [2.45, 2.75) is 63.7 Å². The maximum absolute atomic E-state index is 13.2. The molecule has 0 radical (unpaired) electrons. The van der Waals surface area contributed by atoms with E-state index in [2.05, 4.69) is 9.88 Å². The smallest absolute Gasteiger partial charge is 0.300 e. The second-order valence-corrected chi connectivity index (χ2v) is 13.7. The monoisotopic (exact) mass is 508 g/mol. The number of fused-ring (bicyclic) bond motifs is 1. The standard InChI is InChI=1S/C25H31F3N4O2S/c1-15(2)32-22(10-21(30-32)16-7-17(12-29-11-16)25(26,27)28)23-19-8-18(9-20(19)23)31-5-3-24(13-31)4-6-35(33,34)14-24/h7,10-12,15,18-20,23H,3-6,8-9,13-14H2,1-2H3/t18?,19-,20+,23?,24-/m1/s1. The Morgan fingerprint density at radius 2 is 1.86 bits per heavy atom. The zero-order valence-corrected chi connectivity index (χ0v) is 20.8. The van der Waals surface area contributed by atoms with E-state index >= 15 is 0 Å². The average Bonchev–Trinajstić information content (AvgIpc) is 3.30. The highest BCUT2D eigenvalue weighted by atomic mass is 32.2. The van der Waals surface area contributed by atoms with E-state index in [-0.39, 0.29) is 11.5 Å². The van der Waals surface area contributed by atoms with Gasteiger partial charge in [-0.05, 0) is 75.5 Å². The van der Waals surface area contributed by atoms with Crippen LogP contribution in [0.3, 0.4) is 0 Å². The Morgan fingerprint density at radius 1 is 1.11 bits per heavy atom. The molecule has 10 heteroatoms. The van der Waals surface area contributed by atoms with Gasteiger partial charge in [-0.15, -0.1) is 0 Å². The molecule has 4 aliphatic rings. The summed E-state index contributed by atoms with van der Waals surface area (Å²) >= 11 is 0. The van der Waals surface area contributed by atoms with Crippen LogP contribution < -0.4 is 0 Å². The third kappa shape index (κ3) is 4.10. The summed E-state index contributed by atoms with van der Waals surface area (Å²) in [5.41, 5.74) is 1.24. The fourth-order valence-electron chi connectivity index (χ4n) is 7.08. The predicted octanol–water partition coefficient (Wildman–Crippen LogP) is 4.55. The lowest BCUT2D eigenvalue weighted by Gasteiger charge is -2.28. The molecule has 2 unspecified atom stereocenters. The van der Waals surface area contributed by atoms with Crippen molar-refractivity contribution in [3.8, 4) is 11.3 Å². The summed E-state index contributed by atoms with van der Waals surface area (Å²) in [5.74, 6) is 2.19. The fourth-order valence-corrected chi connectivity index (χ4v) is 9.28. The number of rotatable bonds is 4. The Kier molecular flexibility index (Phi) is 5.21. The number of aromatic nitrogens is 3. The summed E-state index contributed by atoms with van der Waals surface area (Å²) in [6.45, 7) is 5.98. The van der Waals surface area contributed by atoms with Crippen LogP contribution in [0.5, 0.6) is 0 Å². The van der Waals surface area contributed by atoms with Crippen molar-refractivity contribution in [2.24, 2.45) is 17.3 Å². The van der Waals surface area contributed by atoms with Gasteiger partial charge in [0, 0.05) is 48.2 Å². The summed E-state index contributed by atoms with van der Waals surface area (Å²) < 4.78 is 65.6. The highest BCUT2D eigenvalue weighted by molar-refractivity contribution is 7.91. The molecule has 0 bridgehead atoms. The van der Waals surface area contributed by atoms with E-state index in [0.717, 1.165) is 56.7 Å². The van der Waals surface area contributed by atoms with Crippen LogP contribution in [0.25, 0.3) is 11.3 Å². The van der Waals surface area contributed by atoms with Gasteiger partial charge in [-0.3, -0.25) is 14.6 Å². The quantitative estimate of drug-likeness (QED) is 0.606. The number of alkyl halides is 3. The van der Waals surface area contributed by atoms with Crippen molar-refractivity contribution in [1.29, 1.82) is 0 Å². The van der Waals surface area contributed by atoms with Crippen LogP contribution in [0.15, 0.2) is 24.5 Å². The van der Waals surface area contributed by atoms with E-state index in [1.807, 2.05) is 24.6 Å². The minimum absolute atomic E-state index is 0.0326. The zero-order valence-electron chi connectivity index (χ0n) is 20.0. The molecule has 0 amide bonds. The molecule has 4 fully saturated rings. The molecule has 2 aromatic heterocycles. The largest absolute Gasteiger partial charge is 0.417 e. The van der Waals surface area contributed by atoms with E-state index in [1.54, 1.807) is 0 Å². The highest BCUT2D eigenvalue weighted by Gasteiger charge is 2.60. The Balaban J connectivity index is 1.17. The third-order valence-corrected chi connectivity index (χ3v) is 10.7. The third-order valence-electron chi connectivity index (χ3n) is 8.83. The van der Waals surface area contributed by atoms with Crippen molar-refractivity contribution in [1.82, 2.24) is 19.7 Å². The Bertz CT molecular complexity index is 1250. The first-order valence-electron chi connectivity index (χ1n) is 12.5. The lowest BCUT2D eigenvalue weighted by atomic mass is 9.87. The minimum Gasteiger partial charge on any atom is -0.300 e. The second kappa shape index (κ2) is 7.78. The van der Waals surface area contributed by atoms with Gasteiger partial charge >= 0.3 is 6.18 Å². The normalized spacial score (nSPS) is 34.2. The number of hydrogen-bond acceptors (Lipinski definition) is 5. The molecule has 1 spiro atoms. The molecule has 0 N–H and O–H groups in total. The average molecular weight is 509 g/mol. The maximum Gasteiger partial charge on any atom is 0.417 e. The van der Waals surface area contributed by atoms with E-state index < -0.39 is 21.6 Å². The first kappa shape index (κ1) is 23.5. The fraction of sp³-hybridized carbons (Fsp3) is 0.680. The topological polar surface area (TPSA) is 68.1 Å². The molecule has 2 aromatic rings. The molecule has 190 valence electrons. The molecule has 6 rings (SSSR count). The van der Waals surface area contributed by atoms with E-state index in [0.29, 0.717) is 46.6 Å². The van der Waals surface area contributed by atoms with Crippen molar-refractivity contribution < 1.29 is 21.6 Å². The molecule has 5 atom stereocenters. The molecular weight excluding hydrogens is 477 g/mol. The van der Waals surface area contributed by atoms with Gasteiger partial charge in [-0.1, -0.05) is 0 Å². The SMILES string of the molecule is CC(C)n1nc(-c2cncc(C(F)(F)F)c2)cc1C1[C@H]2CC(N3CC[C@@]4(CCS(=O)(=O)C4)C3)C[C@@H]12. The summed E-state index contributed by atoms with van der Waals surface area (Å²) in [6, 6.07) is 3.70. The van der Waals surface area contributed by atoms with Crippen LogP contribution in [-0.4, -0.2) is 58.7 Å². The van der Waals surface area contributed by atoms with Crippen LogP contribution in [0.1, 0.15) is 62.7 Å². The van der Waals surface area contributed by atoms with Crippen molar-refractivity contribution in [2.75, 3.05) is 24.6 Å². The lowest BCUT2D eigenvalue weighted by molar-refractivity contribution is -0.137. The molecule has 2 aliphatic heterocycles. The number of likely N-dealkylation sites (tertiary alicyclic amines) is 1. The Labute approximate surface area is 203 Å². The van der Waals surface area contributed by atoms with E-state index in [4.69, 9.17) is 5.10 Å². The zero-order chi connectivity index (χ0) is 24.8. The lowest BCUT2D eigenvalue weighted by Crippen LogP contribution is -2.35. The first-order chi connectivity index (χ1) is 16.4. The molecule has 2 aliphatic carbocycles. The van der Waals surface area contributed by atoms with Crippen LogP contribution in [-0.2, 0) is 16.0 Å². The highest BCUT2D eigenvalue weighted by Crippen LogP contribution is 2.64. The van der Waals surface area contributed by atoms with Gasteiger partial charge in [0.1, 0.15) is 0 Å². The summed E-state index contributed by atoms with van der Waals surface area (Å²) in [5, 5.41) is 4.69. The molecule has 0 aromatic carbocycles. The summed E-state index contributed by atoms with van der Waals surface area (Å²) in [4.78, 5) is 6.34. The van der Waals surface area contributed by atoms with Gasteiger partial charge in [0.2, 0.25) is 0 Å². The second-order valence-electron chi connectivity index (χ2n) is 11.5. The van der Waals surface area contributed by atoms with Gasteiger partial charge in [-0.25, -0.2) is 8.42 Å². The van der Waals surface area contributed by atoms with Gasteiger partial charge in [0.05, 0.1) is 22.8 Å². The first-order valence-corrected chi connectivity index (χ1v) is 14.3. The van der Waals surface area contributed by atoms with Gasteiger partial charge in [0.15, 0.2) is 9.84 Å². The molecule has 4 heterocycles. The number of sulfone groups is 1. The molecule has 35 heavy (non-hydrogen) atoms. The van der Waals surface area contributed by atoms with E-state index in [9.17, 15) is 21.6 Å². The molecule has 2 saturated heterocycles. The van der Waals surface area contributed by atoms with Crippen molar-refractivity contribution in [3.05, 3.63) is 35.8 Å². The minimum atomic E-state index is -4.44. The number of pyridine rings is 1. The van der Waals surface area contributed by atoms with Crippen molar-refractivity contribution >= 4 is 9.84 Å².